The maximum absolute atomic E-state index is 14.6. The van der Waals surface area contributed by atoms with Crippen LogP contribution in [0.2, 0.25) is 0 Å². The van der Waals surface area contributed by atoms with Crippen molar-refractivity contribution in [2.45, 2.75) is 64.9 Å². The lowest BCUT2D eigenvalue weighted by Gasteiger charge is -2.11. The Bertz CT molecular complexity index is 1130. The highest BCUT2D eigenvalue weighted by Crippen LogP contribution is 2.29. The number of ether oxygens (including phenoxy) is 1. The third-order valence-corrected chi connectivity index (χ3v) is 5.83. The molecule has 34 heavy (non-hydrogen) atoms. The molecule has 5 heteroatoms. The highest BCUT2D eigenvalue weighted by Gasteiger charge is 2.14. The molecule has 0 amide bonds. The van der Waals surface area contributed by atoms with Crippen molar-refractivity contribution < 1.29 is 13.5 Å². The van der Waals surface area contributed by atoms with Crippen LogP contribution in [-0.4, -0.2) is 22.7 Å². The zero-order valence-corrected chi connectivity index (χ0v) is 20.2. The molecule has 0 saturated heterocycles. The summed E-state index contributed by atoms with van der Waals surface area (Å²) in [5.74, 6) is -1.04. The first kappa shape index (κ1) is 25.7. The van der Waals surface area contributed by atoms with E-state index in [0.29, 0.717) is 17.0 Å². The molecular weight excluding hydrogens is 430 g/mol. The molecule has 0 N–H and O–H groups in total. The molecule has 3 nitrogen and oxygen atoms in total. The molecule has 0 saturated carbocycles. The van der Waals surface area contributed by atoms with Gasteiger partial charge < -0.3 is 4.74 Å². The van der Waals surface area contributed by atoms with Crippen LogP contribution >= 0.6 is 0 Å². The van der Waals surface area contributed by atoms with E-state index in [4.69, 9.17) is 4.74 Å². The van der Waals surface area contributed by atoms with E-state index in [9.17, 15) is 8.78 Å². The van der Waals surface area contributed by atoms with Gasteiger partial charge in [-0.05, 0) is 68.4 Å². The van der Waals surface area contributed by atoms with Crippen molar-refractivity contribution in [3.8, 4) is 11.1 Å². The van der Waals surface area contributed by atoms with Gasteiger partial charge in [0.1, 0.15) is 0 Å². The molecule has 1 unspecified atom stereocenters. The summed E-state index contributed by atoms with van der Waals surface area (Å²) in [5.41, 5.74) is 1.87. The summed E-state index contributed by atoms with van der Waals surface area (Å²) < 4.78 is 34.8. The van der Waals surface area contributed by atoms with Gasteiger partial charge in [-0.2, -0.15) is 0 Å². The molecule has 2 aromatic carbocycles. The Morgan fingerprint density at radius 2 is 1.94 bits per heavy atom. The SMILES string of the molecule is C=CCc1ccc(-c2ccc3nc(C=CCCCC(C)OCCCCC)ncc3c2)c(F)c1F. The average Bonchev–Trinajstić information content (AvgIpc) is 2.84. The first-order valence-electron chi connectivity index (χ1n) is 12.2. The molecule has 0 aliphatic carbocycles. The van der Waals surface area contributed by atoms with Gasteiger partial charge in [0.05, 0.1) is 11.6 Å². The summed E-state index contributed by atoms with van der Waals surface area (Å²) in [4.78, 5) is 8.99. The van der Waals surface area contributed by atoms with Crippen molar-refractivity contribution in [1.29, 1.82) is 0 Å². The molecule has 3 rings (SSSR count). The number of allylic oxidation sites excluding steroid dienone is 2. The average molecular weight is 465 g/mol. The fourth-order valence-corrected chi connectivity index (χ4v) is 3.85. The molecule has 0 spiro atoms. The van der Waals surface area contributed by atoms with E-state index < -0.39 is 11.6 Å². The van der Waals surface area contributed by atoms with E-state index in [1.807, 2.05) is 12.1 Å². The van der Waals surface area contributed by atoms with E-state index in [1.165, 1.54) is 12.8 Å². The maximum Gasteiger partial charge on any atom is 0.166 e. The van der Waals surface area contributed by atoms with E-state index in [-0.39, 0.29) is 18.1 Å². The molecular formula is C29H34F2N2O. The Balaban J connectivity index is 1.59. The first-order valence-corrected chi connectivity index (χ1v) is 12.2. The molecule has 1 atom stereocenters. The number of hydrogen-bond acceptors (Lipinski definition) is 3. The second kappa shape index (κ2) is 13.1. The topological polar surface area (TPSA) is 35.0 Å². The van der Waals surface area contributed by atoms with Gasteiger partial charge in [0.15, 0.2) is 17.5 Å². The minimum atomic E-state index is -0.847. The standard InChI is InChI=1S/C29H34F2N2O/c1-4-6-10-18-34-21(3)12-8-7-9-13-27-32-20-24-19-23(15-17-26(24)33-27)25-16-14-22(11-5-2)28(30)29(25)31/h5,9,13-17,19-21H,2,4,6-8,10-12,18H2,1,3H3. The number of benzene rings is 2. The molecule has 1 heterocycles. The summed E-state index contributed by atoms with van der Waals surface area (Å²) in [6, 6.07) is 8.57. The lowest BCUT2D eigenvalue weighted by atomic mass is 10.00. The number of halogens is 2. The summed E-state index contributed by atoms with van der Waals surface area (Å²) in [5, 5.41) is 0.777. The normalized spacial score (nSPS) is 12.5. The van der Waals surface area contributed by atoms with Crippen LogP contribution < -0.4 is 0 Å². The van der Waals surface area contributed by atoms with Crippen LogP contribution in [0.25, 0.3) is 28.1 Å². The zero-order valence-electron chi connectivity index (χ0n) is 20.2. The van der Waals surface area contributed by atoms with Gasteiger partial charge in [0, 0.05) is 23.8 Å². The van der Waals surface area contributed by atoms with Gasteiger partial charge >= 0.3 is 0 Å². The van der Waals surface area contributed by atoms with Crippen LogP contribution in [0, 0.1) is 11.6 Å². The Morgan fingerprint density at radius 3 is 2.74 bits per heavy atom. The number of aromatic nitrogens is 2. The molecule has 3 aromatic rings. The number of nitrogens with zero attached hydrogens (tertiary/aromatic N) is 2. The summed E-state index contributed by atoms with van der Waals surface area (Å²) >= 11 is 0. The highest BCUT2D eigenvalue weighted by atomic mass is 19.2. The molecule has 0 fully saturated rings. The van der Waals surface area contributed by atoms with E-state index >= 15 is 0 Å². The predicted molar refractivity (Wildman–Crippen MR) is 137 cm³/mol. The lowest BCUT2D eigenvalue weighted by molar-refractivity contribution is 0.0566. The second-order valence-corrected chi connectivity index (χ2v) is 8.62. The van der Waals surface area contributed by atoms with Gasteiger partial charge in [-0.1, -0.05) is 50.1 Å². The van der Waals surface area contributed by atoms with Crippen LogP contribution in [0.1, 0.15) is 63.8 Å². The van der Waals surface area contributed by atoms with Gasteiger partial charge in [0.2, 0.25) is 0 Å². The zero-order chi connectivity index (χ0) is 24.3. The fraction of sp³-hybridized carbons (Fsp3) is 0.379. The Hall–Kier alpha value is -2.92. The van der Waals surface area contributed by atoms with Gasteiger partial charge in [-0.25, -0.2) is 18.7 Å². The maximum atomic E-state index is 14.6. The fourth-order valence-electron chi connectivity index (χ4n) is 3.85. The molecule has 1 aromatic heterocycles. The summed E-state index contributed by atoms with van der Waals surface area (Å²) in [7, 11) is 0. The quantitative estimate of drug-likeness (QED) is 0.189. The van der Waals surface area contributed by atoms with Gasteiger partial charge in [-0.15, -0.1) is 6.58 Å². The third kappa shape index (κ3) is 7.04. The molecule has 180 valence electrons. The van der Waals surface area contributed by atoms with Gasteiger partial charge in [-0.3, -0.25) is 0 Å². The number of hydrogen-bond donors (Lipinski definition) is 0. The Morgan fingerprint density at radius 1 is 1.09 bits per heavy atom. The summed E-state index contributed by atoms with van der Waals surface area (Å²) in [6.45, 7) is 8.76. The van der Waals surface area contributed by atoms with Crippen LogP contribution in [0.3, 0.4) is 0 Å². The lowest BCUT2D eigenvalue weighted by Crippen LogP contribution is -2.08. The number of rotatable bonds is 13. The van der Waals surface area contributed by atoms with Crippen molar-refractivity contribution in [2.24, 2.45) is 0 Å². The van der Waals surface area contributed by atoms with E-state index in [0.717, 1.165) is 43.2 Å². The van der Waals surface area contributed by atoms with Crippen LogP contribution in [0.4, 0.5) is 8.78 Å². The van der Waals surface area contributed by atoms with Crippen molar-refractivity contribution in [3.05, 3.63) is 78.3 Å². The number of fused-ring (bicyclic) bond motifs is 1. The molecule has 0 aliphatic rings. The van der Waals surface area contributed by atoms with Crippen molar-refractivity contribution in [2.75, 3.05) is 6.61 Å². The van der Waals surface area contributed by atoms with Gasteiger partial charge in [0.25, 0.3) is 0 Å². The molecule has 0 aliphatic heterocycles. The predicted octanol–water partition coefficient (Wildman–Crippen LogP) is 8.08. The van der Waals surface area contributed by atoms with Crippen molar-refractivity contribution in [3.63, 3.8) is 0 Å². The van der Waals surface area contributed by atoms with E-state index in [1.54, 1.807) is 36.5 Å². The van der Waals surface area contributed by atoms with Crippen molar-refractivity contribution in [1.82, 2.24) is 9.97 Å². The molecule has 0 bridgehead atoms. The van der Waals surface area contributed by atoms with Crippen LogP contribution in [0.15, 0.2) is 55.3 Å². The summed E-state index contributed by atoms with van der Waals surface area (Å²) in [6.07, 6.45) is 14.5. The molecule has 0 radical (unpaired) electrons. The van der Waals surface area contributed by atoms with Crippen LogP contribution in [0.5, 0.6) is 0 Å². The smallest absolute Gasteiger partial charge is 0.166 e. The van der Waals surface area contributed by atoms with E-state index in [2.05, 4.69) is 36.5 Å². The van der Waals surface area contributed by atoms with Crippen molar-refractivity contribution >= 4 is 17.0 Å². The monoisotopic (exact) mass is 464 g/mol. The largest absolute Gasteiger partial charge is 0.379 e. The third-order valence-electron chi connectivity index (χ3n) is 5.83. The minimum Gasteiger partial charge on any atom is -0.379 e. The second-order valence-electron chi connectivity index (χ2n) is 8.62. The minimum absolute atomic E-state index is 0.222. The first-order chi connectivity index (χ1) is 16.5. The van der Waals surface area contributed by atoms with Crippen LogP contribution in [-0.2, 0) is 11.2 Å². The Labute approximate surface area is 201 Å². The highest BCUT2D eigenvalue weighted by molar-refractivity contribution is 5.84. The Kier molecular flexibility index (Phi) is 9.89. The number of unbranched alkanes of at least 4 members (excludes halogenated alkanes) is 3.